The van der Waals surface area contributed by atoms with Gasteiger partial charge in [-0.1, -0.05) is 18.2 Å². The number of anilines is 1. The molecule has 1 amide bonds. The molecule has 4 aromatic rings. The van der Waals surface area contributed by atoms with E-state index >= 15 is 0 Å². The highest BCUT2D eigenvalue weighted by Gasteiger charge is 2.13. The van der Waals surface area contributed by atoms with Crippen molar-refractivity contribution >= 4 is 33.5 Å². The molecule has 0 aliphatic carbocycles. The maximum atomic E-state index is 14.0. The standard InChI is InChI=1S/C22H16FNO5/c1-27-17-7-2-3-8-18(17)28-12-20(25)24-13-9-10-14-19(11-13)29-22-15(21(14)26)5-4-6-16(22)23/h2-11H,12H2,1H3,(H,24,25). The van der Waals surface area contributed by atoms with Gasteiger partial charge in [0.2, 0.25) is 5.43 Å². The number of rotatable bonds is 5. The molecule has 0 fully saturated rings. The molecule has 0 aliphatic rings. The molecular weight excluding hydrogens is 377 g/mol. The minimum atomic E-state index is -0.624. The van der Waals surface area contributed by atoms with Crippen LogP contribution in [0.1, 0.15) is 0 Å². The van der Waals surface area contributed by atoms with Gasteiger partial charge in [0.15, 0.2) is 29.5 Å². The average Bonchev–Trinajstić information content (AvgIpc) is 2.73. The summed E-state index contributed by atoms with van der Waals surface area (Å²) in [6, 6.07) is 15.7. The number of carbonyl (C=O) groups excluding carboxylic acids is 1. The summed E-state index contributed by atoms with van der Waals surface area (Å²) in [5.41, 5.74) is 0.118. The Morgan fingerprint density at radius 3 is 2.62 bits per heavy atom. The minimum absolute atomic E-state index is 0.118. The first kappa shape index (κ1) is 18.5. The monoisotopic (exact) mass is 393 g/mol. The Kier molecular flexibility index (Phi) is 4.87. The molecule has 7 heteroatoms. The lowest BCUT2D eigenvalue weighted by atomic mass is 10.1. The summed E-state index contributed by atoms with van der Waals surface area (Å²) in [6.07, 6.45) is 0. The number of hydrogen-bond acceptors (Lipinski definition) is 5. The SMILES string of the molecule is COc1ccccc1OCC(=O)Nc1ccc2c(=O)c3cccc(F)c3oc2c1. The molecular formula is C22H16FNO5. The highest BCUT2D eigenvalue weighted by molar-refractivity contribution is 5.96. The van der Waals surface area contributed by atoms with Crippen LogP contribution in [0.4, 0.5) is 10.1 Å². The minimum Gasteiger partial charge on any atom is -0.493 e. The zero-order valence-electron chi connectivity index (χ0n) is 15.4. The topological polar surface area (TPSA) is 77.8 Å². The molecule has 0 aliphatic heterocycles. The first-order valence-corrected chi connectivity index (χ1v) is 8.77. The number of halogens is 1. The van der Waals surface area contributed by atoms with E-state index in [2.05, 4.69) is 5.32 Å². The Hall–Kier alpha value is -3.87. The zero-order chi connectivity index (χ0) is 20.4. The van der Waals surface area contributed by atoms with Gasteiger partial charge in [-0.15, -0.1) is 0 Å². The third-order valence-electron chi connectivity index (χ3n) is 4.36. The molecule has 0 bridgehead atoms. The van der Waals surface area contributed by atoms with Crippen LogP contribution in [-0.2, 0) is 4.79 Å². The third kappa shape index (κ3) is 3.62. The molecule has 1 N–H and O–H groups in total. The van der Waals surface area contributed by atoms with Crippen molar-refractivity contribution < 1.29 is 23.1 Å². The van der Waals surface area contributed by atoms with Crippen LogP contribution in [0.15, 0.2) is 69.9 Å². The van der Waals surface area contributed by atoms with Gasteiger partial charge in [-0.25, -0.2) is 4.39 Å². The molecule has 3 aromatic carbocycles. The van der Waals surface area contributed by atoms with E-state index in [0.29, 0.717) is 22.6 Å². The van der Waals surface area contributed by atoms with Crippen LogP contribution >= 0.6 is 0 Å². The van der Waals surface area contributed by atoms with Crippen molar-refractivity contribution in [2.45, 2.75) is 0 Å². The fraction of sp³-hybridized carbons (Fsp3) is 0.0909. The Balaban J connectivity index is 1.56. The van der Waals surface area contributed by atoms with E-state index in [1.54, 1.807) is 30.3 Å². The third-order valence-corrected chi connectivity index (χ3v) is 4.36. The Bertz CT molecular complexity index is 1280. The lowest BCUT2D eigenvalue weighted by molar-refractivity contribution is -0.118. The van der Waals surface area contributed by atoms with Gasteiger partial charge < -0.3 is 19.2 Å². The van der Waals surface area contributed by atoms with Crippen molar-refractivity contribution in [3.63, 3.8) is 0 Å². The van der Waals surface area contributed by atoms with Gasteiger partial charge in [0.25, 0.3) is 5.91 Å². The van der Waals surface area contributed by atoms with Crippen molar-refractivity contribution in [2.24, 2.45) is 0 Å². The molecule has 0 spiro atoms. The predicted molar refractivity (Wildman–Crippen MR) is 107 cm³/mol. The van der Waals surface area contributed by atoms with E-state index in [9.17, 15) is 14.0 Å². The van der Waals surface area contributed by atoms with Crippen LogP contribution in [-0.4, -0.2) is 19.6 Å². The average molecular weight is 393 g/mol. The van der Waals surface area contributed by atoms with Crippen LogP contribution in [0.2, 0.25) is 0 Å². The highest BCUT2D eigenvalue weighted by Crippen LogP contribution is 2.26. The maximum Gasteiger partial charge on any atom is 0.262 e. The molecule has 146 valence electrons. The molecule has 29 heavy (non-hydrogen) atoms. The molecule has 6 nitrogen and oxygen atoms in total. The summed E-state index contributed by atoms with van der Waals surface area (Å²) in [4.78, 5) is 24.8. The first-order chi connectivity index (χ1) is 14.1. The second-order valence-corrected chi connectivity index (χ2v) is 6.25. The number of fused-ring (bicyclic) bond motifs is 2. The zero-order valence-corrected chi connectivity index (χ0v) is 15.4. The van der Waals surface area contributed by atoms with E-state index in [1.807, 2.05) is 0 Å². The Labute approximate surface area is 164 Å². The molecule has 0 radical (unpaired) electrons. The highest BCUT2D eigenvalue weighted by atomic mass is 19.1. The number of methoxy groups -OCH3 is 1. The van der Waals surface area contributed by atoms with Gasteiger partial charge >= 0.3 is 0 Å². The van der Waals surface area contributed by atoms with E-state index < -0.39 is 11.7 Å². The number of ether oxygens (including phenoxy) is 2. The number of para-hydroxylation sites is 3. The number of nitrogens with one attached hydrogen (secondary N) is 1. The molecule has 4 rings (SSSR count). The molecule has 1 heterocycles. The van der Waals surface area contributed by atoms with Crippen molar-refractivity contribution in [3.8, 4) is 11.5 Å². The number of benzene rings is 3. The number of carbonyl (C=O) groups is 1. The Morgan fingerprint density at radius 2 is 1.83 bits per heavy atom. The second kappa shape index (κ2) is 7.63. The molecule has 0 saturated heterocycles. The summed E-state index contributed by atoms with van der Waals surface area (Å²) in [5, 5.41) is 3.13. The first-order valence-electron chi connectivity index (χ1n) is 8.77. The smallest absolute Gasteiger partial charge is 0.262 e. The maximum absolute atomic E-state index is 14.0. The van der Waals surface area contributed by atoms with Crippen molar-refractivity contribution in [1.82, 2.24) is 0 Å². The lowest BCUT2D eigenvalue weighted by Crippen LogP contribution is -2.20. The van der Waals surface area contributed by atoms with Crippen molar-refractivity contribution in [1.29, 1.82) is 0 Å². The summed E-state index contributed by atoms with van der Waals surface area (Å²) < 4.78 is 30.2. The van der Waals surface area contributed by atoms with Crippen LogP contribution < -0.4 is 20.2 Å². The van der Waals surface area contributed by atoms with Crippen molar-refractivity contribution in [3.05, 3.63) is 76.7 Å². The van der Waals surface area contributed by atoms with E-state index in [-0.39, 0.29) is 28.6 Å². The quantitative estimate of drug-likeness (QED) is 0.516. The van der Waals surface area contributed by atoms with Gasteiger partial charge in [-0.05, 0) is 36.4 Å². The van der Waals surface area contributed by atoms with Gasteiger partial charge in [-0.2, -0.15) is 0 Å². The number of hydrogen-bond donors (Lipinski definition) is 1. The normalized spacial score (nSPS) is 10.8. The largest absolute Gasteiger partial charge is 0.493 e. The summed E-state index contributed by atoms with van der Waals surface area (Å²) >= 11 is 0. The van der Waals surface area contributed by atoms with Crippen LogP contribution in [0.5, 0.6) is 11.5 Å². The molecule has 0 saturated carbocycles. The number of amides is 1. The van der Waals surface area contributed by atoms with E-state index in [4.69, 9.17) is 13.9 Å². The van der Waals surface area contributed by atoms with Crippen molar-refractivity contribution in [2.75, 3.05) is 19.0 Å². The summed E-state index contributed by atoms with van der Waals surface area (Å²) in [6.45, 7) is -0.241. The van der Waals surface area contributed by atoms with Gasteiger partial charge in [0.05, 0.1) is 17.9 Å². The lowest BCUT2D eigenvalue weighted by Gasteiger charge is -2.11. The van der Waals surface area contributed by atoms with Gasteiger partial charge in [0, 0.05) is 11.8 Å². The molecule has 0 unspecified atom stereocenters. The van der Waals surface area contributed by atoms with Gasteiger partial charge in [0.1, 0.15) is 5.58 Å². The molecule has 0 atom stereocenters. The summed E-state index contributed by atoms with van der Waals surface area (Å²) in [5.74, 6) is -0.0796. The summed E-state index contributed by atoms with van der Waals surface area (Å²) in [7, 11) is 1.51. The second-order valence-electron chi connectivity index (χ2n) is 6.25. The predicted octanol–water partition coefficient (Wildman–Crippen LogP) is 4.11. The fourth-order valence-corrected chi connectivity index (χ4v) is 3.00. The van der Waals surface area contributed by atoms with E-state index in [1.165, 1.54) is 37.4 Å². The molecule has 1 aromatic heterocycles. The van der Waals surface area contributed by atoms with E-state index in [0.717, 1.165) is 0 Å². The van der Waals surface area contributed by atoms with Crippen LogP contribution in [0.3, 0.4) is 0 Å². The fourth-order valence-electron chi connectivity index (χ4n) is 3.00. The van der Waals surface area contributed by atoms with Crippen LogP contribution in [0.25, 0.3) is 21.9 Å². The van der Waals surface area contributed by atoms with Gasteiger partial charge in [-0.3, -0.25) is 9.59 Å². The van der Waals surface area contributed by atoms with Crippen LogP contribution in [0, 0.1) is 5.82 Å². The Morgan fingerprint density at radius 1 is 1.03 bits per heavy atom.